The van der Waals surface area contributed by atoms with Crippen molar-refractivity contribution in [3.05, 3.63) is 30.3 Å². The molecule has 0 saturated heterocycles. The Labute approximate surface area is 79.3 Å². The number of carboxylic acids is 1. The maximum atomic E-state index is 10.4. The van der Waals surface area contributed by atoms with E-state index in [9.17, 15) is 4.79 Å². The molecule has 0 spiro atoms. The minimum atomic E-state index is -0.858. The largest absolute Gasteiger partial charge is 0.481 e. The van der Waals surface area contributed by atoms with Gasteiger partial charge in [0.15, 0.2) is 0 Å². The van der Waals surface area contributed by atoms with Gasteiger partial charge in [0.05, 0.1) is 23.9 Å². The van der Waals surface area contributed by atoms with Gasteiger partial charge >= 0.3 is 5.97 Å². The van der Waals surface area contributed by atoms with Crippen LogP contribution in [-0.2, 0) is 11.2 Å². The molecule has 0 aliphatic heterocycles. The summed E-state index contributed by atoms with van der Waals surface area (Å²) in [7, 11) is 0. The van der Waals surface area contributed by atoms with Crippen molar-refractivity contribution in [3.8, 4) is 11.3 Å². The number of nitrogens with one attached hydrogen (secondary N) is 1. The Hall–Kier alpha value is -2.04. The van der Waals surface area contributed by atoms with Gasteiger partial charge in [0.1, 0.15) is 6.26 Å². The van der Waals surface area contributed by atoms with Crippen LogP contribution in [0, 0.1) is 0 Å². The summed E-state index contributed by atoms with van der Waals surface area (Å²) in [5.74, 6) is -0.858. The van der Waals surface area contributed by atoms with Crippen molar-refractivity contribution in [1.82, 2.24) is 10.1 Å². The number of hydrogen-bond donors (Lipinski definition) is 2. The number of H-pyrrole nitrogens is 1. The molecular weight excluding hydrogens is 184 g/mol. The second-order valence-electron chi connectivity index (χ2n) is 2.88. The normalized spacial score (nSPS) is 10.3. The zero-order valence-electron chi connectivity index (χ0n) is 7.23. The van der Waals surface area contributed by atoms with Crippen LogP contribution in [0.5, 0.6) is 0 Å². The molecule has 2 aromatic rings. The van der Waals surface area contributed by atoms with Crippen LogP contribution in [0.2, 0.25) is 0 Å². The highest BCUT2D eigenvalue weighted by molar-refractivity contribution is 5.70. The molecule has 5 heteroatoms. The van der Waals surface area contributed by atoms with E-state index >= 15 is 0 Å². The van der Waals surface area contributed by atoms with Crippen LogP contribution in [-0.4, -0.2) is 21.2 Å². The fraction of sp³-hybridized carbons (Fsp3) is 0.111. The molecule has 0 aliphatic rings. The highest BCUT2D eigenvalue weighted by atomic mass is 16.5. The number of rotatable bonds is 3. The first-order valence-electron chi connectivity index (χ1n) is 4.05. The molecule has 0 unspecified atom stereocenters. The topological polar surface area (TPSA) is 79.1 Å². The molecular formula is C9H8N2O3. The van der Waals surface area contributed by atoms with Crippen molar-refractivity contribution in [1.29, 1.82) is 0 Å². The summed E-state index contributed by atoms with van der Waals surface area (Å²) in [5.41, 5.74) is 2.28. The number of aromatic amines is 1. The van der Waals surface area contributed by atoms with E-state index in [1.165, 1.54) is 6.26 Å². The molecule has 0 aliphatic carbocycles. The Morgan fingerprint density at radius 1 is 1.57 bits per heavy atom. The van der Waals surface area contributed by atoms with Gasteiger partial charge in [-0.15, -0.1) is 0 Å². The predicted octanol–water partition coefficient (Wildman–Crippen LogP) is 1.30. The third kappa shape index (κ3) is 1.66. The number of hydrogen-bond acceptors (Lipinski definition) is 3. The predicted molar refractivity (Wildman–Crippen MR) is 47.6 cm³/mol. The molecule has 2 heterocycles. The SMILES string of the molecule is O=C(O)Cc1ccc(-c2cnoc2)[nH]1. The van der Waals surface area contributed by atoms with Crippen molar-refractivity contribution in [2.45, 2.75) is 6.42 Å². The summed E-state index contributed by atoms with van der Waals surface area (Å²) in [4.78, 5) is 13.4. The van der Waals surface area contributed by atoms with Crippen LogP contribution in [0.15, 0.2) is 29.1 Å². The number of aromatic nitrogens is 2. The van der Waals surface area contributed by atoms with Crippen molar-refractivity contribution in [2.24, 2.45) is 0 Å². The Balaban J connectivity index is 2.22. The van der Waals surface area contributed by atoms with E-state index in [4.69, 9.17) is 5.11 Å². The van der Waals surface area contributed by atoms with E-state index in [1.807, 2.05) is 0 Å². The van der Waals surface area contributed by atoms with Gasteiger partial charge in [-0.05, 0) is 12.1 Å². The monoisotopic (exact) mass is 192 g/mol. The third-order valence-corrected chi connectivity index (χ3v) is 1.83. The quantitative estimate of drug-likeness (QED) is 0.768. The lowest BCUT2D eigenvalue weighted by molar-refractivity contribution is -0.136. The van der Waals surface area contributed by atoms with Gasteiger partial charge in [0, 0.05) is 5.69 Å². The molecule has 0 fully saturated rings. The van der Waals surface area contributed by atoms with E-state index < -0.39 is 5.97 Å². The zero-order chi connectivity index (χ0) is 9.97. The summed E-state index contributed by atoms with van der Waals surface area (Å²) in [5, 5.41) is 12.1. The van der Waals surface area contributed by atoms with Crippen LogP contribution in [0.1, 0.15) is 5.69 Å². The van der Waals surface area contributed by atoms with Crippen LogP contribution < -0.4 is 0 Å². The lowest BCUT2D eigenvalue weighted by atomic mass is 10.3. The second kappa shape index (κ2) is 3.37. The van der Waals surface area contributed by atoms with Gasteiger partial charge in [-0.25, -0.2) is 0 Å². The molecule has 2 N–H and O–H groups in total. The fourth-order valence-corrected chi connectivity index (χ4v) is 1.21. The first kappa shape index (κ1) is 8.55. The van der Waals surface area contributed by atoms with Crippen LogP contribution >= 0.6 is 0 Å². The second-order valence-corrected chi connectivity index (χ2v) is 2.88. The number of aliphatic carboxylic acids is 1. The van der Waals surface area contributed by atoms with Gasteiger partial charge in [-0.1, -0.05) is 5.16 Å². The lowest BCUT2D eigenvalue weighted by Crippen LogP contribution is -1.99. The molecule has 14 heavy (non-hydrogen) atoms. The lowest BCUT2D eigenvalue weighted by Gasteiger charge is -1.91. The number of carbonyl (C=O) groups is 1. The Kier molecular flexibility index (Phi) is 2.06. The molecule has 5 nitrogen and oxygen atoms in total. The molecule has 0 aromatic carbocycles. The molecule has 0 atom stereocenters. The summed E-state index contributed by atoms with van der Waals surface area (Å²) in [6.45, 7) is 0. The van der Waals surface area contributed by atoms with Gasteiger partial charge in [0.2, 0.25) is 0 Å². The van der Waals surface area contributed by atoms with E-state index in [0.717, 1.165) is 11.3 Å². The Morgan fingerprint density at radius 3 is 3.07 bits per heavy atom. The highest BCUT2D eigenvalue weighted by Crippen LogP contribution is 2.17. The summed E-state index contributed by atoms with van der Waals surface area (Å²) in [6, 6.07) is 3.53. The van der Waals surface area contributed by atoms with Crippen molar-refractivity contribution < 1.29 is 14.4 Å². The average Bonchev–Trinajstić information content (AvgIpc) is 2.69. The van der Waals surface area contributed by atoms with Gasteiger partial charge in [-0.2, -0.15) is 0 Å². The molecule has 0 bridgehead atoms. The third-order valence-electron chi connectivity index (χ3n) is 1.83. The van der Waals surface area contributed by atoms with Crippen LogP contribution in [0.3, 0.4) is 0 Å². The maximum Gasteiger partial charge on any atom is 0.309 e. The summed E-state index contributed by atoms with van der Waals surface area (Å²) >= 11 is 0. The summed E-state index contributed by atoms with van der Waals surface area (Å²) in [6.07, 6.45) is 3.05. The molecule has 0 radical (unpaired) electrons. The van der Waals surface area contributed by atoms with Crippen molar-refractivity contribution >= 4 is 5.97 Å². The molecule has 72 valence electrons. The molecule has 0 amide bonds. The minimum absolute atomic E-state index is 0.00865. The van der Waals surface area contributed by atoms with Crippen LogP contribution in [0.25, 0.3) is 11.3 Å². The number of carboxylic acid groups (broad SMARTS) is 1. The maximum absolute atomic E-state index is 10.4. The molecule has 0 saturated carbocycles. The Morgan fingerprint density at radius 2 is 2.43 bits per heavy atom. The van der Waals surface area contributed by atoms with E-state index in [2.05, 4.69) is 14.7 Å². The molecule has 2 rings (SSSR count). The van der Waals surface area contributed by atoms with E-state index in [0.29, 0.717) is 5.69 Å². The van der Waals surface area contributed by atoms with Gasteiger partial charge in [-0.3, -0.25) is 4.79 Å². The van der Waals surface area contributed by atoms with E-state index in [1.54, 1.807) is 18.3 Å². The first-order chi connectivity index (χ1) is 6.75. The Bertz CT molecular complexity index is 431. The average molecular weight is 192 g/mol. The van der Waals surface area contributed by atoms with Gasteiger partial charge < -0.3 is 14.6 Å². The zero-order valence-corrected chi connectivity index (χ0v) is 7.23. The number of nitrogens with zero attached hydrogens (tertiary/aromatic N) is 1. The highest BCUT2D eigenvalue weighted by Gasteiger charge is 2.05. The minimum Gasteiger partial charge on any atom is -0.481 e. The first-order valence-corrected chi connectivity index (χ1v) is 4.05. The standard InChI is InChI=1S/C9H8N2O3/c12-9(13)3-7-1-2-8(11-7)6-4-10-14-5-6/h1-2,4-5,11H,3H2,(H,12,13). The smallest absolute Gasteiger partial charge is 0.309 e. The van der Waals surface area contributed by atoms with Crippen molar-refractivity contribution in [3.63, 3.8) is 0 Å². The summed E-state index contributed by atoms with van der Waals surface area (Å²) < 4.78 is 4.67. The molecule has 2 aromatic heterocycles. The van der Waals surface area contributed by atoms with Gasteiger partial charge in [0.25, 0.3) is 0 Å². The van der Waals surface area contributed by atoms with Crippen molar-refractivity contribution in [2.75, 3.05) is 0 Å². The van der Waals surface area contributed by atoms with Crippen LogP contribution in [0.4, 0.5) is 0 Å². The fourth-order valence-electron chi connectivity index (χ4n) is 1.21. The van der Waals surface area contributed by atoms with E-state index in [-0.39, 0.29) is 6.42 Å².